The van der Waals surface area contributed by atoms with Gasteiger partial charge in [-0.3, -0.25) is 4.68 Å². The maximum absolute atomic E-state index is 9.72. The average Bonchev–Trinajstić information content (AvgIpc) is 2.89. The van der Waals surface area contributed by atoms with Crippen LogP contribution in [0.2, 0.25) is 5.02 Å². The summed E-state index contributed by atoms with van der Waals surface area (Å²) in [5.41, 5.74) is 1.98. The molecule has 15 heavy (non-hydrogen) atoms. The summed E-state index contributed by atoms with van der Waals surface area (Å²) in [5.74, 6) is 0. The quantitative estimate of drug-likeness (QED) is 0.861. The molecule has 1 saturated carbocycles. The number of aliphatic hydroxyl groups excluding tert-OH is 1. The molecule has 1 atom stereocenters. The van der Waals surface area contributed by atoms with Gasteiger partial charge in [-0.2, -0.15) is 5.10 Å². The number of rotatable bonds is 3. The molecule has 1 heterocycles. The van der Waals surface area contributed by atoms with Gasteiger partial charge in [-0.05, 0) is 33.1 Å². The van der Waals surface area contributed by atoms with Crippen molar-refractivity contribution in [2.24, 2.45) is 12.5 Å². The van der Waals surface area contributed by atoms with Crippen LogP contribution in [0.15, 0.2) is 0 Å². The molecule has 2 rings (SSSR count). The first-order valence-corrected chi connectivity index (χ1v) is 5.70. The molecule has 1 aromatic heterocycles. The number of aromatic nitrogens is 2. The molecule has 0 spiro atoms. The van der Waals surface area contributed by atoms with Crippen molar-refractivity contribution in [3.63, 3.8) is 0 Å². The summed E-state index contributed by atoms with van der Waals surface area (Å²) in [6.45, 7) is 3.78. The summed E-state index contributed by atoms with van der Waals surface area (Å²) < 4.78 is 1.83. The summed E-state index contributed by atoms with van der Waals surface area (Å²) in [4.78, 5) is 0. The zero-order valence-electron chi connectivity index (χ0n) is 9.42. The fourth-order valence-electron chi connectivity index (χ4n) is 2.11. The van der Waals surface area contributed by atoms with E-state index in [1.807, 2.05) is 25.6 Å². The molecule has 1 fully saturated rings. The van der Waals surface area contributed by atoms with Gasteiger partial charge in [0.2, 0.25) is 0 Å². The zero-order valence-corrected chi connectivity index (χ0v) is 10.2. The topological polar surface area (TPSA) is 38.0 Å². The van der Waals surface area contributed by atoms with Gasteiger partial charge in [-0.1, -0.05) is 11.6 Å². The Hall–Kier alpha value is -0.540. The van der Waals surface area contributed by atoms with Crippen LogP contribution in [-0.4, -0.2) is 21.0 Å². The number of aliphatic hydroxyl groups is 1. The summed E-state index contributed by atoms with van der Waals surface area (Å²) in [6.07, 6.45) is 2.75. The lowest BCUT2D eigenvalue weighted by atomic mass is 9.94. The zero-order chi connectivity index (χ0) is 11.2. The summed E-state index contributed by atoms with van der Waals surface area (Å²) >= 11 is 6.19. The van der Waals surface area contributed by atoms with Crippen LogP contribution in [-0.2, 0) is 13.5 Å². The standard InChI is InChI=1S/C11H17ClN2O/c1-7-10(12)9(14(3)13-7)6-11(4-5-11)8(2)15/h8,15H,4-6H2,1-3H3. The Bertz CT molecular complexity index is 380. The molecule has 1 aromatic rings. The van der Waals surface area contributed by atoms with Crippen LogP contribution in [0.3, 0.4) is 0 Å². The third kappa shape index (κ3) is 1.79. The van der Waals surface area contributed by atoms with Crippen molar-refractivity contribution >= 4 is 11.6 Å². The minimum atomic E-state index is -0.260. The number of nitrogens with zero attached hydrogens (tertiary/aromatic N) is 2. The predicted molar refractivity (Wildman–Crippen MR) is 60.0 cm³/mol. The lowest BCUT2D eigenvalue weighted by molar-refractivity contribution is 0.109. The van der Waals surface area contributed by atoms with E-state index in [1.165, 1.54) is 0 Å². The second kappa shape index (κ2) is 3.49. The maximum atomic E-state index is 9.72. The molecule has 0 saturated heterocycles. The molecule has 84 valence electrons. The first kappa shape index (κ1) is 11.0. The molecular formula is C11H17ClN2O. The van der Waals surface area contributed by atoms with E-state index in [0.717, 1.165) is 35.7 Å². The van der Waals surface area contributed by atoms with Crippen molar-refractivity contribution in [3.8, 4) is 0 Å². The van der Waals surface area contributed by atoms with E-state index in [-0.39, 0.29) is 11.5 Å². The van der Waals surface area contributed by atoms with Gasteiger partial charge in [-0.25, -0.2) is 0 Å². The smallest absolute Gasteiger partial charge is 0.0847 e. The van der Waals surface area contributed by atoms with E-state index in [0.29, 0.717) is 0 Å². The second-order valence-electron chi connectivity index (χ2n) is 4.68. The molecule has 1 aliphatic carbocycles. The predicted octanol–water partition coefficient (Wildman–Crippen LogP) is 2.09. The van der Waals surface area contributed by atoms with Crippen molar-refractivity contribution in [1.82, 2.24) is 9.78 Å². The van der Waals surface area contributed by atoms with Gasteiger partial charge in [0.1, 0.15) is 0 Å². The molecule has 0 amide bonds. The fourth-order valence-corrected chi connectivity index (χ4v) is 2.34. The molecule has 0 aliphatic heterocycles. The van der Waals surface area contributed by atoms with Crippen molar-refractivity contribution in [2.75, 3.05) is 0 Å². The second-order valence-corrected chi connectivity index (χ2v) is 5.06. The molecule has 1 unspecified atom stereocenters. The van der Waals surface area contributed by atoms with Gasteiger partial charge in [0.05, 0.1) is 22.5 Å². The van der Waals surface area contributed by atoms with Gasteiger partial charge >= 0.3 is 0 Å². The minimum absolute atomic E-state index is 0.0594. The Labute approximate surface area is 95.0 Å². The molecule has 3 nitrogen and oxygen atoms in total. The summed E-state index contributed by atoms with van der Waals surface area (Å²) in [7, 11) is 1.91. The molecule has 1 aliphatic rings. The maximum Gasteiger partial charge on any atom is 0.0847 e. The van der Waals surface area contributed by atoms with Crippen LogP contribution in [0.25, 0.3) is 0 Å². The third-order valence-corrected chi connectivity index (χ3v) is 4.05. The molecule has 4 heteroatoms. The molecule has 1 N–H and O–H groups in total. The SMILES string of the molecule is Cc1nn(C)c(CC2(C(C)O)CC2)c1Cl. The molecule has 0 radical (unpaired) electrons. The van der Waals surface area contributed by atoms with Gasteiger partial charge in [0, 0.05) is 12.5 Å². The van der Waals surface area contributed by atoms with E-state index in [4.69, 9.17) is 11.6 Å². The normalized spacial score (nSPS) is 20.3. The van der Waals surface area contributed by atoms with Gasteiger partial charge in [-0.15, -0.1) is 0 Å². The first-order valence-electron chi connectivity index (χ1n) is 5.32. The highest BCUT2D eigenvalue weighted by molar-refractivity contribution is 6.31. The van der Waals surface area contributed by atoms with E-state index in [9.17, 15) is 5.11 Å². The number of hydrogen-bond donors (Lipinski definition) is 1. The van der Waals surface area contributed by atoms with E-state index in [1.54, 1.807) is 0 Å². The van der Waals surface area contributed by atoms with Crippen molar-refractivity contribution in [2.45, 2.75) is 39.2 Å². The monoisotopic (exact) mass is 228 g/mol. The van der Waals surface area contributed by atoms with Crippen molar-refractivity contribution in [1.29, 1.82) is 0 Å². The van der Waals surface area contributed by atoms with Crippen molar-refractivity contribution in [3.05, 3.63) is 16.4 Å². The van der Waals surface area contributed by atoms with Gasteiger partial charge in [0.15, 0.2) is 0 Å². The number of hydrogen-bond acceptors (Lipinski definition) is 2. The summed E-state index contributed by atoms with van der Waals surface area (Å²) in [6, 6.07) is 0. The van der Waals surface area contributed by atoms with Crippen LogP contribution in [0.5, 0.6) is 0 Å². The lowest BCUT2D eigenvalue weighted by Gasteiger charge is -2.18. The minimum Gasteiger partial charge on any atom is -0.393 e. The van der Waals surface area contributed by atoms with Crippen LogP contribution >= 0.6 is 11.6 Å². The lowest BCUT2D eigenvalue weighted by Crippen LogP contribution is -2.22. The van der Waals surface area contributed by atoms with Crippen LogP contribution in [0, 0.1) is 12.3 Å². The highest BCUT2D eigenvalue weighted by Gasteiger charge is 2.47. The Morgan fingerprint density at radius 1 is 1.60 bits per heavy atom. The highest BCUT2D eigenvalue weighted by Crippen LogP contribution is 2.51. The van der Waals surface area contributed by atoms with Gasteiger partial charge < -0.3 is 5.11 Å². The molecule has 0 aromatic carbocycles. The highest BCUT2D eigenvalue weighted by atomic mass is 35.5. The molecule has 0 bridgehead atoms. The van der Waals surface area contributed by atoms with E-state index >= 15 is 0 Å². The number of halogens is 1. The van der Waals surface area contributed by atoms with E-state index in [2.05, 4.69) is 5.10 Å². The average molecular weight is 229 g/mol. The Balaban J connectivity index is 2.25. The van der Waals surface area contributed by atoms with Crippen molar-refractivity contribution < 1.29 is 5.11 Å². The van der Waals surface area contributed by atoms with Crippen LogP contribution < -0.4 is 0 Å². The Morgan fingerprint density at radius 3 is 2.53 bits per heavy atom. The van der Waals surface area contributed by atoms with Crippen LogP contribution in [0.1, 0.15) is 31.2 Å². The van der Waals surface area contributed by atoms with Gasteiger partial charge in [0.25, 0.3) is 0 Å². The fraction of sp³-hybridized carbons (Fsp3) is 0.727. The Morgan fingerprint density at radius 2 is 2.20 bits per heavy atom. The number of aryl methyl sites for hydroxylation is 2. The summed E-state index contributed by atoms with van der Waals surface area (Å²) in [5, 5.41) is 14.8. The largest absolute Gasteiger partial charge is 0.393 e. The Kier molecular flexibility index (Phi) is 2.55. The first-order chi connectivity index (χ1) is 6.96. The van der Waals surface area contributed by atoms with Crippen LogP contribution in [0.4, 0.5) is 0 Å². The third-order valence-electron chi connectivity index (χ3n) is 3.56. The molecular weight excluding hydrogens is 212 g/mol. The van der Waals surface area contributed by atoms with E-state index < -0.39 is 0 Å².